The first-order chi connectivity index (χ1) is 6.70. The number of hydrogen-bond donors (Lipinski definition) is 1. The number of benzene rings is 1. The van der Waals surface area contributed by atoms with Crippen molar-refractivity contribution in [3.8, 4) is 11.8 Å². The lowest BCUT2D eigenvalue weighted by atomic mass is 10.1. The van der Waals surface area contributed by atoms with E-state index in [9.17, 15) is 5.11 Å². The van der Waals surface area contributed by atoms with Gasteiger partial charge in [0.25, 0.3) is 0 Å². The van der Waals surface area contributed by atoms with Crippen molar-refractivity contribution in [2.24, 2.45) is 0 Å². The Morgan fingerprint density at radius 2 is 2.07 bits per heavy atom. The van der Waals surface area contributed by atoms with Crippen molar-refractivity contribution in [3.05, 3.63) is 48.0 Å². The zero-order valence-electron chi connectivity index (χ0n) is 8.33. The molecule has 0 saturated carbocycles. The molecule has 0 saturated heterocycles. The van der Waals surface area contributed by atoms with E-state index in [0.29, 0.717) is 6.42 Å². The lowest BCUT2D eigenvalue weighted by Crippen LogP contribution is -1.92. The van der Waals surface area contributed by atoms with Gasteiger partial charge in [-0.1, -0.05) is 54.3 Å². The van der Waals surface area contributed by atoms with Crippen molar-refractivity contribution in [1.82, 2.24) is 0 Å². The zero-order valence-corrected chi connectivity index (χ0v) is 8.33. The number of hydrogen-bond acceptors (Lipinski definition) is 1. The molecular formula is C13H14O. The van der Waals surface area contributed by atoms with Crippen molar-refractivity contribution in [1.29, 1.82) is 0 Å². The van der Waals surface area contributed by atoms with Gasteiger partial charge in [-0.25, -0.2) is 0 Å². The van der Waals surface area contributed by atoms with E-state index in [1.165, 1.54) is 0 Å². The van der Waals surface area contributed by atoms with Gasteiger partial charge in [-0.3, -0.25) is 0 Å². The number of aliphatic hydroxyl groups is 1. The molecule has 14 heavy (non-hydrogen) atoms. The van der Waals surface area contributed by atoms with Crippen molar-refractivity contribution >= 4 is 0 Å². The lowest BCUT2D eigenvalue weighted by Gasteiger charge is -2.01. The summed E-state index contributed by atoms with van der Waals surface area (Å²) in [5.74, 6) is 5.66. The van der Waals surface area contributed by atoms with Crippen LogP contribution in [0.1, 0.15) is 25.0 Å². The third-order valence-electron chi connectivity index (χ3n) is 1.74. The average Bonchev–Trinajstić information content (AvgIpc) is 2.18. The van der Waals surface area contributed by atoms with E-state index >= 15 is 0 Å². The van der Waals surface area contributed by atoms with E-state index in [4.69, 9.17) is 0 Å². The summed E-state index contributed by atoms with van der Waals surface area (Å²) in [6, 6.07) is 9.41. The molecule has 1 rings (SSSR count). The van der Waals surface area contributed by atoms with Gasteiger partial charge in [0.05, 0.1) is 0 Å². The topological polar surface area (TPSA) is 20.2 Å². The molecule has 0 fully saturated rings. The van der Waals surface area contributed by atoms with Gasteiger partial charge in [-0.05, 0) is 12.5 Å². The molecule has 0 radical (unpaired) electrons. The first kappa shape index (κ1) is 10.6. The molecule has 1 unspecified atom stereocenters. The molecule has 0 aliphatic rings. The van der Waals surface area contributed by atoms with Gasteiger partial charge in [0, 0.05) is 6.42 Å². The molecule has 1 heteroatoms. The van der Waals surface area contributed by atoms with Gasteiger partial charge in [-0.2, -0.15) is 0 Å². The van der Waals surface area contributed by atoms with Gasteiger partial charge >= 0.3 is 0 Å². The molecule has 0 amide bonds. The van der Waals surface area contributed by atoms with Crippen LogP contribution < -0.4 is 0 Å². The van der Waals surface area contributed by atoms with Crippen molar-refractivity contribution in [3.63, 3.8) is 0 Å². The Kier molecular flexibility index (Phi) is 3.97. The Morgan fingerprint density at radius 1 is 1.43 bits per heavy atom. The van der Waals surface area contributed by atoms with E-state index in [2.05, 4.69) is 18.4 Å². The van der Waals surface area contributed by atoms with Crippen LogP contribution in [0.4, 0.5) is 0 Å². The fraction of sp³-hybridized carbons (Fsp3) is 0.231. The Bertz CT molecular complexity index is 354. The van der Waals surface area contributed by atoms with Crippen LogP contribution in [0.15, 0.2) is 42.5 Å². The molecule has 0 heterocycles. The minimum Gasteiger partial charge on any atom is -0.376 e. The smallest absolute Gasteiger partial charge is 0.140 e. The normalized spacial score (nSPS) is 11.3. The van der Waals surface area contributed by atoms with E-state index < -0.39 is 6.10 Å². The SMILES string of the molecule is C=C(C)CC#CC(O)c1ccccc1. The molecule has 0 aromatic heterocycles. The first-order valence-electron chi connectivity index (χ1n) is 4.56. The van der Waals surface area contributed by atoms with Gasteiger partial charge in [-0.15, -0.1) is 0 Å². The zero-order chi connectivity index (χ0) is 10.4. The maximum absolute atomic E-state index is 9.63. The largest absolute Gasteiger partial charge is 0.376 e. The van der Waals surface area contributed by atoms with Gasteiger partial charge in [0.15, 0.2) is 0 Å². The van der Waals surface area contributed by atoms with E-state index in [0.717, 1.165) is 11.1 Å². The summed E-state index contributed by atoms with van der Waals surface area (Å²) in [7, 11) is 0. The quantitative estimate of drug-likeness (QED) is 0.556. The Hall–Kier alpha value is -1.52. The number of rotatable bonds is 2. The summed E-state index contributed by atoms with van der Waals surface area (Å²) in [6.07, 6.45) is -0.0419. The minimum atomic E-state index is -0.685. The first-order valence-corrected chi connectivity index (χ1v) is 4.56. The van der Waals surface area contributed by atoms with Crippen molar-refractivity contribution < 1.29 is 5.11 Å². The Balaban J connectivity index is 2.61. The Labute approximate surface area is 85.1 Å². The monoisotopic (exact) mass is 186 g/mol. The molecule has 1 aromatic rings. The Morgan fingerprint density at radius 3 is 2.64 bits per heavy atom. The molecule has 72 valence electrons. The van der Waals surface area contributed by atoms with Crippen LogP contribution in [0.5, 0.6) is 0 Å². The maximum Gasteiger partial charge on any atom is 0.140 e. The van der Waals surface area contributed by atoms with Crippen LogP contribution in [0.3, 0.4) is 0 Å². The van der Waals surface area contributed by atoms with Gasteiger partial charge in [0.2, 0.25) is 0 Å². The van der Waals surface area contributed by atoms with E-state index in [1.807, 2.05) is 37.3 Å². The van der Waals surface area contributed by atoms with Crippen LogP contribution in [0.25, 0.3) is 0 Å². The highest BCUT2D eigenvalue weighted by Gasteiger charge is 2.00. The standard InChI is InChI=1S/C13H14O/c1-11(2)7-6-10-13(14)12-8-4-3-5-9-12/h3-5,8-9,13-14H,1,7H2,2H3. The molecular weight excluding hydrogens is 172 g/mol. The van der Waals surface area contributed by atoms with Crippen LogP contribution in [0, 0.1) is 11.8 Å². The van der Waals surface area contributed by atoms with Crippen molar-refractivity contribution in [2.45, 2.75) is 19.4 Å². The summed E-state index contributed by atoms with van der Waals surface area (Å²) in [5, 5.41) is 9.63. The highest BCUT2D eigenvalue weighted by molar-refractivity contribution is 5.25. The fourth-order valence-electron chi connectivity index (χ4n) is 1.02. The molecule has 1 aromatic carbocycles. The molecule has 1 nitrogen and oxygen atoms in total. The molecule has 1 N–H and O–H groups in total. The third-order valence-corrected chi connectivity index (χ3v) is 1.74. The lowest BCUT2D eigenvalue weighted by molar-refractivity contribution is 0.238. The molecule has 0 spiro atoms. The highest BCUT2D eigenvalue weighted by atomic mass is 16.3. The predicted molar refractivity (Wildman–Crippen MR) is 58.6 cm³/mol. The summed E-state index contributed by atoms with van der Waals surface area (Å²) >= 11 is 0. The van der Waals surface area contributed by atoms with E-state index in [-0.39, 0.29) is 0 Å². The van der Waals surface area contributed by atoms with E-state index in [1.54, 1.807) is 0 Å². The van der Waals surface area contributed by atoms with Crippen LogP contribution in [-0.4, -0.2) is 5.11 Å². The summed E-state index contributed by atoms with van der Waals surface area (Å²) < 4.78 is 0. The summed E-state index contributed by atoms with van der Waals surface area (Å²) in [5.41, 5.74) is 1.85. The minimum absolute atomic E-state index is 0.643. The van der Waals surface area contributed by atoms with Gasteiger partial charge < -0.3 is 5.11 Å². The highest BCUT2D eigenvalue weighted by Crippen LogP contribution is 2.10. The fourth-order valence-corrected chi connectivity index (χ4v) is 1.02. The number of allylic oxidation sites excluding steroid dienone is 1. The third kappa shape index (κ3) is 3.47. The molecule has 0 aliphatic carbocycles. The van der Waals surface area contributed by atoms with Crippen LogP contribution >= 0.6 is 0 Å². The number of aliphatic hydroxyl groups excluding tert-OH is 1. The van der Waals surface area contributed by atoms with Crippen LogP contribution in [0.2, 0.25) is 0 Å². The van der Waals surface area contributed by atoms with Gasteiger partial charge in [0.1, 0.15) is 6.10 Å². The summed E-state index contributed by atoms with van der Waals surface area (Å²) in [4.78, 5) is 0. The van der Waals surface area contributed by atoms with Crippen molar-refractivity contribution in [2.75, 3.05) is 0 Å². The summed E-state index contributed by atoms with van der Waals surface area (Å²) in [6.45, 7) is 5.66. The maximum atomic E-state index is 9.63. The second kappa shape index (κ2) is 5.26. The molecule has 1 atom stereocenters. The second-order valence-corrected chi connectivity index (χ2v) is 3.27. The molecule has 0 aliphatic heterocycles. The molecule has 0 bridgehead atoms. The average molecular weight is 186 g/mol. The van der Waals surface area contributed by atoms with Crippen LogP contribution in [-0.2, 0) is 0 Å². The predicted octanol–water partition coefficient (Wildman–Crippen LogP) is 2.69. The second-order valence-electron chi connectivity index (χ2n) is 3.27.